The van der Waals surface area contributed by atoms with Gasteiger partial charge in [0.05, 0.1) is 31.4 Å². The Morgan fingerprint density at radius 1 is 1.24 bits per heavy atom. The number of guanidine groups is 1. The molecule has 134 valence electrons. The van der Waals surface area contributed by atoms with Crippen molar-refractivity contribution in [1.82, 2.24) is 0 Å². The van der Waals surface area contributed by atoms with Crippen molar-refractivity contribution in [3.63, 3.8) is 0 Å². The van der Waals surface area contributed by atoms with Crippen LogP contribution >= 0.6 is 24.0 Å². The third-order valence-electron chi connectivity index (χ3n) is 3.22. The van der Waals surface area contributed by atoms with Gasteiger partial charge in [-0.25, -0.2) is 4.99 Å². The molecule has 0 bridgehead atoms. The summed E-state index contributed by atoms with van der Waals surface area (Å²) in [6.07, 6.45) is 0. The molecule has 0 aliphatic rings. The number of hydrogen-bond acceptors (Lipinski definition) is 5. The zero-order valence-electron chi connectivity index (χ0n) is 13.8. The van der Waals surface area contributed by atoms with Crippen LogP contribution < -0.4 is 20.5 Å². The maximum Gasteiger partial charge on any atom is 0.269 e. The number of nitrogens with one attached hydrogen (secondary N) is 1. The van der Waals surface area contributed by atoms with Crippen LogP contribution in [0.1, 0.15) is 5.56 Å². The number of nitro groups is 1. The van der Waals surface area contributed by atoms with Crippen LogP contribution in [0.2, 0.25) is 0 Å². The van der Waals surface area contributed by atoms with Gasteiger partial charge >= 0.3 is 0 Å². The molecule has 3 N–H and O–H groups in total. The highest BCUT2D eigenvalue weighted by molar-refractivity contribution is 14.0. The van der Waals surface area contributed by atoms with Crippen molar-refractivity contribution in [3.8, 4) is 11.5 Å². The number of rotatable bonds is 6. The minimum Gasteiger partial charge on any atom is -0.497 e. The van der Waals surface area contributed by atoms with Gasteiger partial charge in [0, 0.05) is 18.2 Å². The Balaban J connectivity index is 0.00000312. The lowest BCUT2D eigenvalue weighted by Gasteiger charge is -2.12. The summed E-state index contributed by atoms with van der Waals surface area (Å²) in [7, 11) is 3.11. The molecule has 0 saturated heterocycles. The molecule has 2 aromatic rings. The Morgan fingerprint density at radius 3 is 2.64 bits per heavy atom. The summed E-state index contributed by atoms with van der Waals surface area (Å²) in [5.74, 6) is 1.39. The van der Waals surface area contributed by atoms with Gasteiger partial charge in [0.2, 0.25) is 0 Å². The minimum absolute atomic E-state index is 0. The number of hydrogen-bond donors (Lipinski definition) is 2. The summed E-state index contributed by atoms with van der Waals surface area (Å²) >= 11 is 0. The van der Waals surface area contributed by atoms with Crippen molar-refractivity contribution >= 4 is 41.3 Å². The fourth-order valence-corrected chi connectivity index (χ4v) is 2.03. The third-order valence-corrected chi connectivity index (χ3v) is 3.22. The lowest BCUT2D eigenvalue weighted by atomic mass is 10.2. The van der Waals surface area contributed by atoms with Crippen LogP contribution in [-0.4, -0.2) is 25.1 Å². The maximum atomic E-state index is 10.8. The Hall–Kier alpha value is -2.56. The number of nitrogens with zero attached hydrogens (tertiary/aromatic N) is 2. The first-order valence-corrected chi connectivity index (χ1v) is 7.05. The molecule has 8 nitrogen and oxygen atoms in total. The minimum atomic E-state index is -0.448. The number of ether oxygens (including phenoxy) is 2. The van der Waals surface area contributed by atoms with E-state index in [1.165, 1.54) is 12.1 Å². The number of aliphatic imine (C=N–C) groups is 1. The molecule has 0 aliphatic carbocycles. The molecule has 2 aromatic carbocycles. The molecule has 0 unspecified atom stereocenters. The number of benzene rings is 2. The molecule has 0 aromatic heterocycles. The van der Waals surface area contributed by atoms with Crippen molar-refractivity contribution in [2.75, 3.05) is 19.5 Å². The summed E-state index contributed by atoms with van der Waals surface area (Å²) in [6.45, 7) is 0.215. The van der Waals surface area contributed by atoms with Crippen LogP contribution in [0.15, 0.2) is 47.5 Å². The van der Waals surface area contributed by atoms with Gasteiger partial charge < -0.3 is 20.5 Å². The predicted molar refractivity (Wildman–Crippen MR) is 107 cm³/mol. The Labute approximate surface area is 162 Å². The topological polar surface area (TPSA) is 112 Å². The summed E-state index contributed by atoms with van der Waals surface area (Å²) in [5, 5.41) is 13.7. The van der Waals surface area contributed by atoms with E-state index in [0.29, 0.717) is 22.7 Å². The fraction of sp³-hybridized carbons (Fsp3) is 0.188. The van der Waals surface area contributed by atoms with E-state index in [9.17, 15) is 10.1 Å². The van der Waals surface area contributed by atoms with Crippen molar-refractivity contribution in [3.05, 3.63) is 58.1 Å². The third kappa shape index (κ3) is 5.78. The van der Waals surface area contributed by atoms with Gasteiger partial charge in [-0.15, -0.1) is 24.0 Å². The summed E-state index contributed by atoms with van der Waals surface area (Å²) in [5.41, 5.74) is 7.19. The Morgan fingerprint density at radius 2 is 2.00 bits per heavy atom. The highest BCUT2D eigenvalue weighted by Gasteiger charge is 2.07. The molecule has 0 heterocycles. The first kappa shape index (κ1) is 20.5. The summed E-state index contributed by atoms with van der Waals surface area (Å²) in [4.78, 5) is 14.5. The second-order valence-corrected chi connectivity index (χ2v) is 4.82. The van der Waals surface area contributed by atoms with E-state index in [2.05, 4.69) is 10.3 Å². The molecule has 25 heavy (non-hydrogen) atoms. The SMILES string of the molecule is COc1ccc(OC)c(NC(N)=NCc2cccc([N+](=O)[O-])c2)c1.I. The van der Waals surface area contributed by atoms with E-state index in [-0.39, 0.29) is 42.2 Å². The Bertz CT molecular complexity index is 768. The van der Waals surface area contributed by atoms with Crippen molar-refractivity contribution < 1.29 is 14.4 Å². The van der Waals surface area contributed by atoms with Crippen LogP contribution in [0.25, 0.3) is 0 Å². The molecule has 0 amide bonds. The van der Waals surface area contributed by atoms with Gasteiger partial charge in [-0.2, -0.15) is 0 Å². The van der Waals surface area contributed by atoms with Crippen molar-refractivity contribution in [2.24, 2.45) is 10.7 Å². The Kier molecular flexibility index (Phi) is 7.92. The number of anilines is 1. The van der Waals surface area contributed by atoms with Gasteiger partial charge in [-0.1, -0.05) is 12.1 Å². The molecule has 0 radical (unpaired) electrons. The largest absolute Gasteiger partial charge is 0.497 e. The first-order chi connectivity index (χ1) is 11.5. The quantitative estimate of drug-likeness (QED) is 0.226. The van der Waals surface area contributed by atoms with E-state index < -0.39 is 4.92 Å². The normalized spacial score (nSPS) is 10.6. The average Bonchev–Trinajstić information content (AvgIpc) is 2.60. The van der Waals surface area contributed by atoms with Gasteiger partial charge in [-0.05, 0) is 17.7 Å². The van der Waals surface area contributed by atoms with E-state index in [1.807, 2.05) is 0 Å². The zero-order chi connectivity index (χ0) is 17.5. The standard InChI is InChI=1S/C16H18N4O4.HI/c1-23-13-6-7-15(24-2)14(9-13)19-16(17)18-10-11-4-3-5-12(8-11)20(21)22;/h3-9H,10H2,1-2H3,(H3,17,18,19);1H. The van der Waals surface area contributed by atoms with E-state index in [1.54, 1.807) is 44.6 Å². The highest BCUT2D eigenvalue weighted by atomic mass is 127. The highest BCUT2D eigenvalue weighted by Crippen LogP contribution is 2.28. The first-order valence-electron chi connectivity index (χ1n) is 7.05. The number of halogens is 1. The summed E-state index contributed by atoms with van der Waals surface area (Å²) < 4.78 is 10.4. The van der Waals surface area contributed by atoms with Gasteiger partial charge in [-0.3, -0.25) is 10.1 Å². The van der Waals surface area contributed by atoms with Gasteiger partial charge in [0.1, 0.15) is 11.5 Å². The predicted octanol–water partition coefficient (Wildman–Crippen LogP) is 3.16. The lowest BCUT2D eigenvalue weighted by molar-refractivity contribution is -0.384. The molecule has 0 atom stereocenters. The molecule has 0 fully saturated rings. The van der Waals surface area contributed by atoms with E-state index in [0.717, 1.165) is 0 Å². The molecule has 9 heteroatoms. The van der Waals surface area contributed by atoms with E-state index in [4.69, 9.17) is 15.2 Å². The number of nitrogens with two attached hydrogens (primary N) is 1. The van der Waals surface area contributed by atoms with Crippen LogP contribution in [0, 0.1) is 10.1 Å². The average molecular weight is 458 g/mol. The van der Waals surface area contributed by atoms with Crippen molar-refractivity contribution in [2.45, 2.75) is 6.54 Å². The number of methoxy groups -OCH3 is 2. The molecule has 0 spiro atoms. The smallest absolute Gasteiger partial charge is 0.269 e. The van der Waals surface area contributed by atoms with Crippen LogP contribution in [0.3, 0.4) is 0 Å². The molecular formula is C16H19IN4O4. The zero-order valence-corrected chi connectivity index (χ0v) is 16.1. The second-order valence-electron chi connectivity index (χ2n) is 4.82. The summed E-state index contributed by atoms with van der Waals surface area (Å²) in [6, 6.07) is 11.5. The molecule has 0 saturated carbocycles. The van der Waals surface area contributed by atoms with Crippen LogP contribution in [0.5, 0.6) is 11.5 Å². The number of nitro benzene ring substituents is 1. The van der Waals surface area contributed by atoms with Gasteiger partial charge in [0.25, 0.3) is 5.69 Å². The van der Waals surface area contributed by atoms with E-state index >= 15 is 0 Å². The molecular weight excluding hydrogens is 439 g/mol. The molecule has 2 rings (SSSR count). The monoisotopic (exact) mass is 458 g/mol. The van der Waals surface area contributed by atoms with Crippen LogP contribution in [0.4, 0.5) is 11.4 Å². The van der Waals surface area contributed by atoms with Crippen LogP contribution in [-0.2, 0) is 6.54 Å². The van der Waals surface area contributed by atoms with Gasteiger partial charge in [0.15, 0.2) is 5.96 Å². The second kappa shape index (κ2) is 9.67. The fourth-order valence-electron chi connectivity index (χ4n) is 2.03. The lowest BCUT2D eigenvalue weighted by Crippen LogP contribution is -2.23. The molecule has 0 aliphatic heterocycles. The van der Waals surface area contributed by atoms with Crippen molar-refractivity contribution in [1.29, 1.82) is 0 Å². The maximum absolute atomic E-state index is 10.8. The number of non-ortho nitro benzene ring substituents is 1.